The minimum absolute atomic E-state index is 0.113. The fourth-order valence-electron chi connectivity index (χ4n) is 3.92. The van der Waals surface area contributed by atoms with Crippen molar-refractivity contribution in [3.8, 4) is 10.4 Å². The lowest BCUT2D eigenvalue weighted by Crippen LogP contribution is -2.31. The molecule has 1 aliphatic rings. The van der Waals surface area contributed by atoms with Crippen molar-refractivity contribution >= 4 is 39.9 Å². The van der Waals surface area contributed by atoms with Crippen LogP contribution in [0.1, 0.15) is 33.8 Å². The first kappa shape index (κ1) is 19.0. The molecule has 2 aromatic heterocycles. The standard InChI is InChI=1S/C23H19ClN4OS/c1-13-10-19(22-26-17-8-3-4-9-18(17)27-22)28(12-13)23(29)20-21(30-14(2)25-20)15-6-5-7-16(24)11-15/h3-9,11,19H,1,10,12H2,2H3,(H,26,27). The van der Waals surface area contributed by atoms with Crippen LogP contribution in [0.4, 0.5) is 0 Å². The summed E-state index contributed by atoms with van der Waals surface area (Å²) in [5.41, 5.74) is 4.21. The van der Waals surface area contributed by atoms with Crippen molar-refractivity contribution in [2.24, 2.45) is 0 Å². The molecule has 0 radical (unpaired) electrons. The fraction of sp³-hybridized carbons (Fsp3) is 0.174. The number of hydrogen-bond acceptors (Lipinski definition) is 4. The van der Waals surface area contributed by atoms with E-state index in [1.165, 1.54) is 11.3 Å². The highest BCUT2D eigenvalue weighted by Crippen LogP contribution is 2.38. The minimum Gasteiger partial charge on any atom is -0.340 e. The summed E-state index contributed by atoms with van der Waals surface area (Å²) < 4.78 is 0. The molecule has 1 fully saturated rings. The van der Waals surface area contributed by atoms with Gasteiger partial charge in [-0.2, -0.15) is 0 Å². The second kappa shape index (κ2) is 7.38. The number of carbonyl (C=O) groups excluding carboxylic acids is 1. The molecule has 1 atom stereocenters. The third-order valence-electron chi connectivity index (χ3n) is 5.26. The number of aromatic nitrogens is 3. The summed E-state index contributed by atoms with van der Waals surface area (Å²) in [5, 5.41) is 1.47. The van der Waals surface area contributed by atoms with Crippen LogP contribution in [-0.4, -0.2) is 32.3 Å². The van der Waals surface area contributed by atoms with Crippen molar-refractivity contribution in [1.82, 2.24) is 19.9 Å². The highest BCUT2D eigenvalue weighted by Gasteiger charge is 2.36. The van der Waals surface area contributed by atoms with Gasteiger partial charge in [0.2, 0.25) is 0 Å². The third-order valence-corrected chi connectivity index (χ3v) is 6.51. The number of aromatic amines is 1. The number of nitrogens with one attached hydrogen (secondary N) is 1. The summed E-state index contributed by atoms with van der Waals surface area (Å²) in [4.78, 5) is 29.0. The molecule has 0 aliphatic carbocycles. The molecule has 1 unspecified atom stereocenters. The topological polar surface area (TPSA) is 61.9 Å². The molecule has 0 bridgehead atoms. The van der Waals surface area contributed by atoms with Crippen LogP contribution in [-0.2, 0) is 0 Å². The van der Waals surface area contributed by atoms with Crippen LogP contribution in [0.15, 0.2) is 60.7 Å². The lowest BCUT2D eigenvalue weighted by molar-refractivity contribution is 0.0728. The zero-order valence-electron chi connectivity index (χ0n) is 16.4. The lowest BCUT2D eigenvalue weighted by atomic mass is 10.1. The molecule has 5 rings (SSSR count). The van der Waals surface area contributed by atoms with Crippen molar-refractivity contribution < 1.29 is 4.79 Å². The molecular weight excluding hydrogens is 416 g/mol. The number of H-pyrrole nitrogens is 1. The van der Waals surface area contributed by atoms with Gasteiger partial charge in [-0.1, -0.05) is 48.0 Å². The first-order chi connectivity index (χ1) is 14.5. The monoisotopic (exact) mass is 434 g/mol. The molecule has 150 valence electrons. The Morgan fingerprint density at radius 1 is 1.23 bits per heavy atom. The number of fused-ring (bicyclic) bond motifs is 1. The third kappa shape index (κ3) is 3.32. The fourth-order valence-corrected chi connectivity index (χ4v) is 5.02. The number of carbonyl (C=O) groups is 1. The van der Waals surface area contributed by atoms with E-state index < -0.39 is 0 Å². The molecular formula is C23H19ClN4OS. The highest BCUT2D eigenvalue weighted by molar-refractivity contribution is 7.15. The van der Waals surface area contributed by atoms with E-state index >= 15 is 0 Å². The van der Waals surface area contributed by atoms with Crippen LogP contribution in [0.25, 0.3) is 21.5 Å². The molecule has 4 aromatic rings. The maximum absolute atomic E-state index is 13.6. The molecule has 3 heterocycles. The molecule has 1 aliphatic heterocycles. The zero-order chi connectivity index (χ0) is 20.8. The zero-order valence-corrected chi connectivity index (χ0v) is 17.9. The number of aryl methyl sites for hydroxylation is 1. The quantitative estimate of drug-likeness (QED) is 0.415. The Morgan fingerprint density at radius 3 is 2.87 bits per heavy atom. The maximum atomic E-state index is 13.6. The second-order valence-electron chi connectivity index (χ2n) is 7.46. The number of benzene rings is 2. The Labute approximate surface area is 183 Å². The Kier molecular flexibility index (Phi) is 4.68. The van der Waals surface area contributed by atoms with E-state index in [0.29, 0.717) is 23.7 Å². The first-order valence-corrected chi connectivity index (χ1v) is 10.8. The van der Waals surface area contributed by atoms with Crippen LogP contribution in [0.2, 0.25) is 5.02 Å². The highest BCUT2D eigenvalue weighted by atomic mass is 35.5. The van der Waals surface area contributed by atoms with E-state index in [9.17, 15) is 4.79 Å². The van der Waals surface area contributed by atoms with Gasteiger partial charge >= 0.3 is 0 Å². The van der Waals surface area contributed by atoms with Crippen molar-refractivity contribution in [2.75, 3.05) is 6.54 Å². The van der Waals surface area contributed by atoms with Crippen molar-refractivity contribution in [1.29, 1.82) is 0 Å². The first-order valence-electron chi connectivity index (χ1n) is 9.65. The van der Waals surface area contributed by atoms with Gasteiger partial charge in [-0.05, 0) is 43.2 Å². The van der Waals surface area contributed by atoms with Gasteiger partial charge in [0.15, 0.2) is 0 Å². The average molecular weight is 435 g/mol. The van der Waals surface area contributed by atoms with Gasteiger partial charge in [0.05, 0.1) is 27.0 Å². The van der Waals surface area contributed by atoms with E-state index in [1.807, 2.05) is 60.4 Å². The largest absolute Gasteiger partial charge is 0.340 e. The summed E-state index contributed by atoms with van der Waals surface area (Å²) >= 11 is 7.69. The SMILES string of the molecule is C=C1CC(c2nc3ccccc3[nH]2)N(C(=O)c2nc(C)sc2-c2cccc(Cl)c2)C1. The van der Waals surface area contributed by atoms with Crippen LogP contribution >= 0.6 is 22.9 Å². The summed E-state index contributed by atoms with van der Waals surface area (Å²) in [6.07, 6.45) is 0.682. The molecule has 5 nitrogen and oxygen atoms in total. The van der Waals surface area contributed by atoms with E-state index in [1.54, 1.807) is 0 Å². The van der Waals surface area contributed by atoms with Gasteiger partial charge < -0.3 is 9.88 Å². The van der Waals surface area contributed by atoms with E-state index in [-0.39, 0.29) is 11.9 Å². The van der Waals surface area contributed by atoms with Gasteiger partial charge in [0.25, 0.3) is 5.91 Å². The van der Waals surface area contributed by atoms with Crippen molar-refractivity contribution in [3.05, 3.63) is 82.2 Å². The molecule has 7 heteroatoms. The Bertz CT molecular complexity index is 1260. The summed E-state index contributed by atoms with van der Waals surface area (Å²) in [6, 6.07) is 15.2. The Morgan fingerprint density at radius 2 is 2.07 bits per heavy atom. The number of rotatable bonds is 3. The number of imidazole rings is 1. The molecule has 1 saturated heterocycles. The number of amides is 1. The van der Waals surface area contributed by atoms with E-state index in [0.717, 1.165) is 37.9 Å². The normalized spacial score (nSPS) is 16.5. The summed E-state index contributed by atoms with van der Waals surface area (Å²) in [6.45, 7) is 6.54. The Balaban J connectivity index is 1.54. The molecule has 30 heavy (non-hydrogen) atoms. The van der Waals surface area contributed by atoms with Crippen LogP contribution in [0.3, 0.4) is 0 Å². The van der Waals surface area contributed by atoms with Crippen LogP contribution < -0.4 is 0 Å². The number of hydrogen-bond donors (Lipinski definition) is 1. The Hall–Kier alpha value is -2.96. The molecule has 1 amide bonds. The van der Waals surface area contributed by atoms with E-state index in [4.69, 9.17) is 16.6 Å². The predicted octanol–water partition coefficient (Wildman–Crippen LogP) is 5.79. The summed E-state index contributed by atoms with van der Waals surface area (Å²) in [7, 11) is 0. The number of para-hydroxylation sites is 2. The van der Waals surface area contributed by atoms with Gasteiger partial charge in [-0.25, -0.2) is 9.97 Å². The lowest BCUT2D eigenvalue weighted by Gasteiger charge is -2.22. The number of thiazole rings is 1. The molecule has 0 saturated carbocycles. The average Bonchev–Trinajstić information content (AvgIpc) is 3.43. The van der Waals surface area contributed by atoms with Crippen molar-refractivity contribution in [3.63, 3.8) is 0 Å². The van der Waals surface area contributed by atoms with Gasteiger partial charge in [0.1, 0.15) is 11.5 Å². The molecule has 0 spiro atoms. The van der Waals surface area contributed by atoms with Gasteiger partial charge in [-0.15, -0.1) is 11.3 Å². The van der Waals surface area contributed by atoms with Crippen LogP contribution in [0, 0.1) is 6.92 Å². The second-order valence-corrected chi connectivity index (χ2v) is 9.10. The van der Waals surface area contributed by atoms with Crippen molar-refractivity contribution in [2.45, 2.75) is 19.4 Å². The minimum atomic E-state index is -0.188. The van der Waals surface area contributed by atoms with Gasteiger partial charge in [0, 0.05) is 11.6 Å². The summed E-state index contributed by atoms with van der Waals surface area (Å²) in [5.74, 6) is 0.665. The molecule has 2 aromatic carbocycles. The van der Waals surface area contributed by atoms with Crippen LogP contribution in [0.5, 0.6) is 0 Å². The van der Waals surface area contributed by atoms with E-state index in [2.05, 4.69) is 16.5 Å². The number of nitrogens with zero attached hydrogens (tertiary/aromatic N) is 3. The predicted molar refractivity (Wildman–Crippen MR) is 121 cm³/mol. The number of halogens is 1. The molecule has 1 N–H and O–H groups in total. The smallest absolute Gasteiger partial charge is 0.274 e. The maximum Gasteiger partial charge on any atom is 0.274 e. The van der Waals surface area contributed by atoms with Gasteiger partial charge in [-0.3, -0.25) is 4.79 Å². The number of likely N-dealkylation sites (tertiary alicyclic amines) is 1.